The Kier molecular flexibility index (Phi) is 2.65. The molecule has 3 heteroatoms. The molecular weight excluding hydrogens is 157 g/mol. The van der Waals surface area contributed by atoms with Gasteiger partial charge in [0.15, 0.2) is 0 Å². The number of rotatable bonds is 2. The van der Waals surface area contributed by atoms with Gasteiger partial charge < -0.3 is 10.8 Å². The minimum Gasteiger partial charge on any atom is -0.508 e. The minimum absolute atomic E-state index is 0.0751. The molecule has 0 saturated carbocycles. The summed E-state index contributed by atoms with van der Waals surface area (Å²) in [5.74, 6) is -0.525. The molecule has 0 aromatic heterocycles. The van der Waals surface area contributed by atoms with Gasteiger partial charge in [-0.3, -0.25) is 0 Å². The highest BCUT2D eigenvalue weighted by atomic mass is 19.1. The quantitative estimate of drug-likeness (QED) is 0.710. The Hall–Kier alpha value is -1.09. The Morgan fingerprint density at radius 3 is 2.67 bits per heavy atom. The first kappa shape index (κ1) is 9.00. The van der Waals surface area contributed by atoms with Crippen LogP contribution in [0.4, 0.5) is 4.39 Å². The molecule has 0 aliphatic carbocycles. The highest BCUT2D eigenvalue weighted by Gasteiger charge is 2.05. The van der Waals surface area contributed by atoms with Gasteiger partial charge in [0.2, 0.25) is 0 Å². The Bertz CT molecular complexity index is 255. The van der Waals surface area contributed by atoms with Crippen molar-refractivity contribution in [2.75, 3.05) is 0 Å². The summed E-state index contributed by atoms with van der Waals surface area (Å²) in [5, 5.41) is 9.04. The standard InChI is InChI=1S/C9H12FNO/c1-2-9(11)6-3-7(10)5-8(12)4-6/h3-5,9,12H,2,11H2,1H3. The van der Waals surface area contributed by atoms with Crippen LogP contribution in [0.15, 0.2) is 18.2 Å². The summed E-state index contributed by atoms with van der Waals surface area (Å²) in [6.45, 7) is 1.91. The topological polar surface area (TPSA) is 46.2 Å². The van der Waals surface area contributed by atoms with Gasteiger partial charge >= 0.3 is 0 Å². The van der Waals surface area contributed by atoms with Crippen molar-refractivity contribution in [2.24, 2.45) is 5.73 Å². The molecule has 0 bridgehead atoms. The Morgan fingerprint density at radius 2 is 2.17 bits per heavy atom. The molecule has 0 aliphatic heterocycles. The number of phenols is 1. The zero-order valence-electron chi connectivity index (χ0n) is 6.92. The lowest BCUT2D eigenvalue weighted by Crippen LogP contribution is -2.08. The first-order chi connectivity index (χ1) is 5.63. The van der Waals surface area contributed by atoms with Crippen molar-refractivity contribution >= 4 is 0 Å². The molecule has 0 radical (unpaired) electrons. The second-order valence-electron chi connectivity index (χ2n) is 2.76. The summed E-state index contributed by atoms with van der Waals surface area (Å²) in [6, 6.07) is 3.68. The molecule has 2 nitrogen and oxygen atoms in total. The van der Waals surface area contributed by atoms with E-state index in [4.69, 9.17) is 10.8 Å². The largest absolute Gasteiger partial charge is 0.508 e. The van der Waals surface area contributed by atoms with Crippen LogP contribution >= 0.6 is 0 Å². The van der Waals surface area contributed by atoms with Crippen molar-refractivity contribution in [3.05, 3.63) is 29.6 Å². The van der Waals surface area contributed by atoms with Crippen LogP contribution in [-0.2, 0) is 0 Å². The van der Waals surface area contributed by atoms with Gasteiger partial charge in [0.1, 0.15) is 11.6 Å². The number of hydrogen-bond donors (Lipinski definition) is 2. The number of nitrogens with two attached hydrogens (primary N) is 1. The van der Waals surface area contributed by atoms with Gasteiger partial charge in [0.05, 0.1) is 0 Å². The molecule has 1 aromatic rings. The Labute approximate surface area is 70.8 Å². The van der Waals surface area contributed by atoms with E-state index >= 15 is 0 Å². The lowest BCUT2D eigenvalue weighted by Gasteiger charge is -2.08. The van der Waals surface area contributed by atoms with E-state index in [1.165, 1.54) is 12.1 Å². The van der Waals surface area contributed by atoms with Crippen molar-refractivity contribution in [1.82, 2.24) is 0 Å². The van der Waals surface area contributed by atoms with Crippen LogP contribution in [0, 0.1) is 5.82 Å². The molecule has 0 aliphatic rings. The highest BCUT2D eigenvalue weighted by molar-refractivity contribution is 5.30. The zero-order chi connectivity index (χ0) is 9.14. The van der Waals surface area contributed by atoms with Crippen LogP contribution in [0.25, 0.3) is 0 Å². The summed E-state index contributed by atoms with van der Waals surface area (Å²) < 4.78 is 12.7. The van der Waals surface area contributed by atoms with E-state index in [0.29, 0.717) is 5.56 Å². The van der Waals surface area contributed by atoms with Gasteiger partial charge in [-0.15, -0.1) is 0 Å². The molecular formula is C9H12FNO. The molecule has 1 aromatic carbocycles. The third-order valence-electron chi connectivity index (χ3n) is 1.77. The predicted molar refractivity (Wildman–Crippen MR) is 45.3 cm³/mol. The van der Waals surface area contributed by atoms with E-state index in [1.54, 1.807) is 0 Å². The highest BCUT2D eigenvalue weighted by Crippen LogP contribution is 2.20. The lowest BCUT2D eigenvalue weighted by atomic mass is 10.1. The van der Waals surface area contributed by atoms with Crippen LogP contribution in [0.5, 0.6) is 5.75 Å². The SMILES string of the molecule is CCC(N)c1cc(O)cc(F)c1. The lowest BCUT2D eigenvalue weighted by molar-refractivity contribution is 0.466. The van der Waals surface area contributed by atoms with Gasteiger partial charge in [-0.25, -0.2) is 4.39 Å². The van der Waals surface area contributed by atoms with E-state index in [-0.39, 0.29) is 11.8 Å². The van der Waals surface area contributed by atoms with E-state index in [0.717, 1.165) is 12.5 Å². The van der Waals surface area contributed by atoms with E-state index in [1.807, 2.05) is 6.92 Å². The summed E-state index contributed by atoms with van der Waals surface area (Å²) in [6.07, 6.45) is 0.725. The smallest absolute Gasteiger partial charge is 0.127 e. The summed E-state index contributed by atoms with van der Waals surface area (Å²) in [5.41, 5.74) is 6.29. The van der Waals surface area contributed by atoms with Gasteiger partial charge in [-0.05, 0) is 24.1 Å². The number of hydrogen-bond acceptors (Lipinski definition) is 2. The fourth-order valence-electron chi connectivity index (χ4n) is 1.05. The Balaban J connectivity index is 3.00. The fourth-order valence-corrected chi connectivity index (χ4v) is 1.05. The van der Waals surface area contributed by atoms with Crippen LogP contribution in [0.2, 0.25) is 0 Å². The molecule has 3 N–H and O–H groups in total. The first-order valence-electron chi connectivity index (χ1n) is 3.88. The van der Waals surface area contributed by atoms with Crippen LogP contribution in [0.1, 0.15) is 24.9 Å². The molecule has 0 heterocycles. The summed E-state index contributed by atoms with van der Waals surface area (Å²) >= 11 is 0. The Morgan fingerprint density at radius 1 is 1.50 bits per heavy atom. The second kappa shape index (κ2) is 3.54. The number of phenolic OH excluding ortho intramolecular Hbond substituents is 1. The van der Waals surface area contributed by atoms with Gasteiger partial charge in [-0.2, -0.15) is 0 Å². The molecule has 0 amide bonds. The minimum atomic E-state index is -0.450. The van der Waals surface area contributed by atoms with Crippen molar-refractivity contribution in [3.8, 4) is 5.75 Å². The summed E-state index contributed by atoms with van der Waals surface area (Å²) in [4.78, 5) is 0. The van der Waals surface area contributed by atoms with Crippen molar-refractivity contribution < 1.29 is 9.50 Å². The molecule has 1 rings (SSSR count). The number of halogens is 1. The molecule has 1 unspecified atom stereocenters. The average Bonchev–Trinajstić information content (AvgIpc) is 2.01. The maximum atomic E-state index is 12.7. The number of benzene rings is 1. The maximum Gasteiger partial charge on any atom is 0.127 e. The molecule has 0 fully saturated rings. The fraction of sp³-hybridized carbons (Fsp3) is 0.333. The molecule has 66 valence electrons. The van der Waals surface area contributed by atoms with Crippen LogP contribution in [-0.4, -0.2) is 5.11 Å². The predicted octanol–water partition coefficient (Wildman–Crippen LogP) is 1.94. The molecule has 0 spiro atoms. The normalized spacial score (nSPS) is 12.9. The zero-order valence-corrected chi connectivity index (χ0v) is 6.92. The maximum absolute atomic E-state index is 12.7. The van der Waals surface area contributed by atoms with Crippen LogP contribution < -0.4 is 5.73 Å². The summed E-state index contributed by atoms with van der Waals surface area (Å²) in [7, 11) is 0. The molecule has 0 saturated heterocycles. The third-order valence-corrected chi connectivity index (χ3v) is 1.77. The van der Waals surface area contributed by atoms with E-state index in [2.05, 4.69) is 0 Å². The van der Waals surface area contributed by atoms with E-state index < -0.39 is 5.82 Å². The van der Waals surface area contributed by atoms with Crippen LogP contribution in [0.3, 0.4) is 0 Å². The molecule has 1 atom stereocenters. The van der Waals surface area contributed by atoms with Gasteiger partial charge in [-0.1, -0.05) is 6.92 Å². The van der Waals surface area contributed by atoms with Gasteiger partial charge in [0, 0.05) is 12.1 Å². The first-order valence-corrected chi connectivity index (χ1v) is 3.88. The van der Waals surface area contributed by atoms with Crippen molar-refractivity contribution in [3.63, 3.8) is 0 Å². The third kappa shape index (κ3) is 1.95. The average molecular weight is 169 g/mol. The molecule has 12 heavy (non-hydrogen) atoms. The monoisotopic (exact) mass is 169 g/mol. The number of aromatic hydroxyl groups is 1. The second-order valence-corrected chi connectivity index (χ2v) is 2.76. The van der Waals surface area contributed by atoms with Crippen molar-refractivity contribution in [2.45, 2.75) is 19.4 Å². The van der Waals surface area contributed by atoms with Crippen molar-refractivity contribution in [1.29, 1.82) is 0 Å². The van der Waals surface area contributed by atoms with Gasteiger partial charge in [0.25, 0.3) is 0 Å². The van der Waals surface area contributed by atoms with E-state index in [9.17, 15) is 4.39 Å².